The Bertz CT molecular complexity index is 597. The summed E-state index contributed by atoms with van der Waals surface area (Å²) in [6, 6.07) is 1.42. The molecule has 3 rings (SSSR count). The maximum atomic E-state index is 11.8. The molecule has 0 fully saturated rings. The van der Waals surface area contributed by atoms with Crippen LogP contribution in [-0.4, -0.2) is 21.2 Å². The summed E-state index contributed by atoms with van der Waals surface area (Å²) < 4.78 is 6.79. The van der Waals surface area contributed by atoms with Crippen molar-refractivity contribution in [2.75, 3.05) is 6.61 Å². The minimum atomic E-state index is -0.108. The van der Waals surface area contributed by atoms with Gasteiger partial charge in [0.25, 0.3) is 5.56 Å². The Hall–Kier alpha value is -1.78. The Morgan fingerprint density at radius 1 is 1.56 bits per heavy atom. The quantitative estimate of drug-likeness (QED) is 0.816. The van der Waals surface area contributed by atoms with Gasteiger partial charge < -0.3 is 4.74 Å². The maximum absolute atomic E-state index is 11.8. The minimum absolute atomic E-state index is 0.108. The molecule has 0 bridgehead atoms. The second kappa shape index (κ2) is 3.37. The number of H-pyrrole nitrogens is 1. The molecular formula is C11H13N3O2. The fourth-order valence-electron chi connectivity index (χ4n) is 2.24. The molecule has 2 aromatic heterocycles. The second-order valence-corrected chi connectivity index (χ2v) is 3.95. The van der Waals surface area contributed by atoms with Crippen molar-refractivity contribution in [3.05, 3.63) is 27.7 Å². The SMILES string of the molecule is CCOc1cc(=O)n2[nH]c3c(c2n1)CCC3. The first-order valence-corrected chi connectivity index (χ1v) is 5.56. The van der Waals surface area contributed by atoms with Gasteiger partial charge in [-0.1, -0.05) is 0 Å². The van der Waals surface area contributed by atoms with E-state index < -0.39 is 0 Å². The number of rotatable bonds is 2. The van der Waals surface area contributed by atoms with Crippen molar-refractivity contribution < 1.29 is 4.74 Å². The number of fused-ring (bicyclic) bond motifs is 3. The van der Waals surface area contributed by atoms with Crippen molar-refractivity contribution in [1.82, 2.24) is 14.6 Å². The minimum Gasteiger partial charge on any atom is -0.478 e. The molecule has 0 aromatic carbocycles. The van der Waals surface area contributed by atoms with Crippen LogP contribution in [0.25, 0.3) is 5.65 Å². The average molecular weight is 219 g/mol. The summed E-state index contributed by atoms with van der Waals surface area (Å²) >= 11 is 0. The molecule has 1 aliphatic rings. The van der Waals surface area contributed by atoms with Gasteiger partial charge in [-0.25, -0.2) is 4.52 Å². The molecule has 2 heterocycles. The van der Waals surface area contributed by atoms with E-state index in [1.807, 2.05) is 6.92 Å². The van der Waals surface area contributed by atoms with E-state index in [1.54, 1.807) is 0 Å². The highest BCUT2D eigenvalue weighted by atomic mass is 16.5. The number of aryl methyl sites for hydroxylation is 2. The molecule has 84 valence electrons. The predicted molar refractivity (Wildman–Crippen MR) is 59.0 cm³/mol. The van der Waals surface area contributed by atoms with Gasteiger partial charge in [-0.15, -0.1) is 0 Å². The van der Waals surface area contributed by atoms with Crippen molar-refractivity contribution in [3.63, 3.8) is 0 Å². The average Bonchev–Trinajstić information content (AvgIpc) is 2.80. The van der Waals surface area contributed by atoms with E-state index in [0.717, 1.165) is 30.6 Å². The number of aromatic nitrogens is 3. The summed E-state index contributed by atoms with van der Waals surface area (Å²) in [4.78, 5) is 16.2. The summed E-state index contributed by atoms with van der Waals surface area (Å²) in [5.41, 5.74) is 2.92. The standard InChI is InChI=1S/C11H13N3O2/c1-2-16-9-6-10(15)14-11(12-9)7-4-3-5-8(7)13-14/h6,13H,2-5H2,1H3. The highest BCUT2D eigenvalue weighted by Crippen LogP contribution is 2.24. The van der Waals surface area contributed by atoms with Crippen molar-refractivity contribution in [1.29, 1.82) is 0 Å². The van der Waals surface area contributed by atoms with E-state index in [1.165, 1.54) is 16.1 Å². The van der Waals surface area contributed by atoms with Gasteiger partial charge >= 0.3 is 0 Å². The summed E-state index contributed by atoms with van der Waals surface area (Å²) in [5.74, 6) is 0.418. The fraction of sp³-hybridized carbons (Fsp3) is 0.455. The third-order valence-electron chi connectivity index (χ3n) is 2.92. The molecule has 0 unspecified atom stereocenters. The fourth-order valence-corrected chi connectivity index (χ4v) is 2.24. The van der Waals surface area contributed by atoms with Crippen molar-refractivity contribution >= 4 is 5.65 Å². The number of nitrogens with zero attached hydrogens (tertiary/aromatic N) is 2. The van der Waals surface area contributed by atoms with E-state index in [0.29, 0.717) is 12.5 Å². The van der Waals surface area contributed by atoms with Gasteiger partial charge in [0.2, 0.25) is 5.88 Å². The zero-order valence-electron chi connectivity index (χ0n) is 9.12. The van der Waals surface area contributed by atoms with E-state index >= 15 is 0 Å². The van der Waals surface area contributed by atoms with Crippen LogP contribution >= 0.6 is 0 Å². The molecule has 5 nitrogen and oxygen atoms in total. The number of ether oxygens (including phenoxy) is 1. The van der Waals surface area contributed by atoms with E-state index in [2.05, 4.69) is 10.1 Å². The maximum Gasteiger partial charge on any atom is 0.276 e. The van der Waals surface area contributed by atoms with Gasteiger partial charge in [-0.2, -0.15) is 4.98 Å². The topological polar surface area (TPSA) is 59.4 Å². The predicted octanol–water partition coefficient (Wildman–Crippen LogP) is 0.910. The molecule has 2 aromatic rings. The first-order valence-electron chi connectivity index (χ1n) is 5.56. The largest absolute Gasteiger partial charge is 0.478 e. The second-order valence-electron chi connectivity index (χ2n) is 3.95. The van der Waals surface area contributed by atoms with Crippen LogP contribution in [-0.2, 0) is 12.8 Å². The monoisotopic (exact) mass is 219 g/mol. The van der Waals surface area contributed by atoms with Crippen LogP contribution in [0.4, 0.5) is 0 Å². The number of aromatic amines is 1. The zero-order valence-corrected chi connectivity index (χ0v) is 9.12. The van der Waals surface area contributed by atoms with E-state index in [-0.39, 0.29) is 5.56 Å². The number of nitrogens with one attached hydrogen (secondary N) is 1. The lowest BCUT2D eigenvalue weighted by Gasteiger charge is -2.01. The summed E-state index contributed by atoms with van der Waals surface area (Å²) in [5, 5.41) is 3.10. The molecular weight excluding hydrogens is 206 g/mol. The highest BCUT2D eigenvalue weighted by molar-refractivity contribution is 5.52. The molecule has 0 spiro atoms. The molecule has 0 amide bonds. The first kappa shape index (κ1) is 9.45. The molecule has 16 heavy (non-hydrogen) atoms. The van der Waals surface area contributed by atoms with Crippen LogP contribution < -0.4 is 10.3 Å². The van der Waals surface area contributed by atoms with Crippen LogP contribution in [0.2, 0.25) is 0 Å². The van der Waals surface area contributed by atoms with Gasteiger partial charge in [-0.05, 0) is 26.2 Å². The summed E-state index contributed by atoms with van der Waals surface area (Å²) in [6.07, 6.45) is 3.12. The van der Waals surface area contributed by atoms with E-state index in [9.17, 15) is 4.79 Å². The van der Waals surface area contributed by atoms with Gasteiger partial charge in [0.05, 0.1) is 12.7 Å². The molecule has 0 aliphatic heterocycles. The van der Waals surface area contributed by atoms with Crippen molar-refractivity contribution in [3.8, 4) is 5.88 Å². The Labute approximate surface area is 92.1 Å². The number of hydrogen-bond donors (Lipinski definition) is 1. The Kier molecular flexibility index (Phi) is 1.99. The first-order chi connectivity index (χ1) is 7.79. The lowest BCUT2D eigenvalue weighted by molar-refractivity contribution is 0.326. The summed E-state index contributed by atoms with van der Waals surface area (Å²) in [7, 11) is 0. The smallest absolute Gasteiger partial charge is 0.276 e. The molecule has 0 radical (unpaired) electrons. The molecule has 0 saturated carbocycles. The highest BCUT2D eigenvalue weighted by Gasteiger charge is 2.19. The van der Waals surface area contributed by atoms with Gasteiger partial charge in [0, 0.05) is 11.3 Å². The Balaban J connectivity index is 2.27. The van der Waals surface area contributed by atoms with Crippen LogP contribution in [0.15, 0.2) is 10.9 Å². The van der Waals surface area contributed by atoms with Crippen molar-refractivity contribution in [2.45, 2.75) is 26.2 Å². The van der Waals surface area contributed by atoms with Crippen molar-refractivity contribution in [2.24, 2.45) is 0 Å². The third-order valence-corrected chi connectivity index (χ3v) is 2.92. The lowest BCUT2D eigenvalue weighted by Crippen LogP contribution is -2.15. The molecule has 5 heteroatoms. The molecule has 0 saturated heterocycles. The van der Waals surface area contributed by atoms with Crippen LogP contribution in [0.1, 0.15) is 24.6 Å². The third kappa shape index (κ3) is 1.24. The van der Waals surface area contributed by atoms with E-state index in [4.69, 9.17) is 4.74 Å². The normalized spacial score (nSPS) is 14.3. The molecule has 1 aliphatic carbocycles. The summed E-state index contributed by atoms with van der Waals surface area (Å²) in [6.45, 7) is 2.40. The Morgan fingerprint density at radius 3 is 3.25 bits per heavy atom. The van der Waals surface area contributed by atoms with Crippen LogP contribution in [0, 0.1) is 0 Å². The zero-order chi connectivity index (χ0) is 11.1. The van der Waals surface area contributed by atoms with Gasteiger partial charge in [0.15, 0.2) is 5.65 Å². The molecule has 0 atom stereocenters. The van der Waals surface area contributed by atoms with Crippen LogP contribution in [0.3, 0.4) is 0 Å². The number of hydrogen-bond acceptors (Lipinski definition) is 3. The lowest BCUT2D eigenvalue weighted by atomic mass is 10.3. The van der Waals surface area contributed by atoms with Gasteiger partial charge in [0.1, 0.15) is 0 Å². The van der Waals surface area contributed by atoms with Crippen LogP contribution in [0.5, 0.6) is 5.88 Å². The molecule has 1 N–H and O–H groups in total. The Morgan fingerprint density at radius 2 is 2.44 bits per heavy atom. The van der Waals surface area contributed by atoms with Gasteiger partial charge in [-0.3, -0.25) is 9.89 Å².